The van der Waals surface area contributed by atoms with E-state index in [9.17, 15) is 4.79 Å². The van der Waals surface area contributed by atoms with Gasteiger partial charge in [-0.15, -0.1) is 10.2 Å². The molecule has 0 radical (unpaired) electrons. The maximum Gasteiger partial charge on any atom is 0.277 e. The normalized spacial score (nSPS) is 12.0. The number of aromatic nitrogens is 2. The number of nitrogens with zero attached hydrogens (tertiary/aromatic N) is 2. The van der Waals surface area contributed by atoms with Crippen LogP contribution in [0.25, 0.3) is 0 Å². The zero-order valence-corrected chi connectivity index (χ0v) is 16.1. The van der Waals surface area contributed by atoms with Gasteiger partial charge in [-0.25, -0.2) is 0 Å². The Labute approximate surface area is 165 Å². The molecule has 0 aliphatic carbocycles. The number of hydrogen-bond donors (Lipinski definition) is 1. The molecule has 0 aliphatic rings. The van der Waals surface area contributed by atoms with E-state index in [-0.39, 0.29) is 5.91 Å². The van der Waals surface area contributed by atoms with E-state index >= 15 is 0 Å². The van der Waals surface area contributed by atoms with Crippen LogP contribution in [0.5, 0.6) is 0 Å². The molecule has 3 rings (SSSR count). The molecule has 0 unspecified atom stereocenters. The van der Waals surface area contributed by atoms with E-state index in [0.29, 0.717) is 33.3 Å². The monoisotopic (exact) mass is 407 g/mol. The highest BCUT2D eigenvalue weighted by atomic mass is 35.5. The van der Waals surface area contributed by atoms with Gasteiger partial charge in [0.05, 0.1) is 22.4 Å². The number of nitrogens with one attached hydrogen (secondary N) is 1. The number of anilines is 1. The maximum atomic E-state index is 12.3. The molecule has 2 aromatic carbocycles. The van der Waals surface area contributed by atoms with Crippen LogP contribution in [0.4, 0.5) is 5.69 Å². The molecule has 0 spiro atoms. The van der Waals surface area contributed by atoms with E-state index in [0.717, 1.165) is 5.56 Å². The lowest BCUT2D eigenvalue weighted by Gasteiger charge is -2.11. The molecule has 1 heterocycles. The van der Waals surface area contributed by atoms with Crippen LogP contribution >= 0.6 is 35.0 Å². The third-order valence-corrected chi connectivity index (χ3v) is 4.96. The Morgan fingerprint density at radius 2 is 1.96 bits per heavy atom. The molecular formula is C18H15Cl2N3O2S. The van der Waals surface area contributed by atoms with Gasteiger partial charge in [0.2, 0.25) is 11.8 Å². The highest BCUT2D eigenvalue weighted by Crippen LogP contribution is 2.28. The Balaban J connectivity index is 1.59. The summed E-state index contributed by atoms with van der Waals surface area (Å²) >= 11 is 13.1. The summed E-state index contributed by atoms with van der Waals surface area (Å²) in [7, 11) is 0. The third kappa shape index (κ3) is 5.00. The van der Waals surface area contributed by atoms with Gasteiger partial charge in [0.25, 0.3) is 5.22 Å². The molecule has 3 aromatic rings. The second-order valence-electron chi connectivity index (χ2n) is 5.50. The number of carbonyl (C=O) groups excluding carboxylic acids is 1. The van der Waals surface area contributed by atoms with Crippen molar-refractivity contribution in [2.24, 2.45) is 0 Å². The zero-order chi connectivity index (χ0) is 18.5. The Morgan fingerprint density at radius 3 is 2.69 bits per heavy atom. The van der Waals surface area contributed by atoms with Gasteiger partial charge in [-0.3, -0.25) is 4.79 Å². The summed E-state index contributed by atoms with van der Waals surface area (Å²) in [4.78, 5) is 12.3. The first-order chi connectivity index (χ1) is 12.5. The van der Waals surface area contributed by atoms with Crippen LogP contribution in [0.3, 0.4) is 0 Å². The molecule has 26 heavy (non-hydrogen) atoms. The Bertz CT molecular complexity index is 902. The van der Waals surface area contributed by atoms with Crippen LogP contribution in [-0.2, 0) is 11.2 Å². The molecule has 8 heteroatoms. The highest BCUT2D eigenvalue weighted by Gasteiger charge is 2.19. The van der Waals surface area contributed by atoms with E-state index < -0.39 is 5.25 Å². The highest BCUT2D eigenvalue weighted by molar-refractivity contribution is 8.00. The summed E-state index contributed by atoms with van der Waals surface area (Å²) in [6.45, 7) is 1.75. The van der Waals surface area contributed by atoms with Crippen molar-refractivity contribution in [3.8, 4) is 0 Å². The molecule has 0 saturated heterocycles. The van der Waals surface area contributed by atoms with Gasteiger partial charge in [-0.05, 0) is 30.7 Å². The molecule has 0 fully saturated rings. The number of thioether (sulfide) groups is 1. The lowest BCUT2D eigenvalue weighted by molar-refractivity contribution is -0.115. The summed E-state index contributed by atoms with van der Waals surface area (Å²) in [5.74, 6) is 0.286. The first kappa shape index (κ1) is 18.8. The van der Waals surface area contributed by atoms with Crippen molar-refractivity contribution in [2.75, 3.05) is 5.32 Å². The van der Waals surface area contributed by atoms with E-state index in [1.165, 1.54) is 11.8 Å². The van der Waals surface area contributed by atoms with Gasteiger partial charge in [0.15, 0.2) is 0 Å². The quantitative estimate of drug-likeness (QED) is 0.576. The van der Waals surface area contributed by atoms with Gasteiger partial charge in [0.1, 0.15) is 0 Å². The van der Waals surface area contributed by atoms with Crippen molar-refractivity contribution in [2.45, 2.75) is 23.8 Å². The van der Waals surface area contributed by atoms with Gasteiger partial charge >= 0.3 is 0 Å². The van der Waals surface area contributed by atoms with E-state index in [4.69, 9.17) is 27.6 Å². The second kappa shape index (κ2) is 8.58. The van der Waals surface area contributed by atoms with Gasteiger partial charge < -0.3 is 9.73 Å². The van der Waals surface area contributed by atoms with E-state index in [2.05, 4.69) is 15.5 Å². The van der Waals surface area contributed by atoms with Crippen molar-refractivity contribution in [3.05, 3.63) is 70.0 Å². The van der Waals surface area contributed by atoms with Gasteiger partial charge in [-0.2, -0.15) is 0 Å². The number of benzene rings is 2. The molecule has 1 aromatic heterocycles. The molecule has 0 saturated carbocycles. The van der Waals surface area contributed by atoms with E-state index in [1.54, 1.807) is 25.1 Å². The average molecular weight is 408 g/mol. The topological polar surface area (TPSA) is 68.0 Å². The van der Waals surface area contributed by atoms with Crippen LogP contribution in [0.2, 0.25) is 10.0 Å². The summed E-state index contributed by atoms with van der Waals surface area (Å²) < 4.78 is 5.62. The van der Waals surface area contributed by atoms with Crippen molar-refractivity contribution < 1.29 is 9.21 Å². The van der Waals surface area contributed by atoms with Gasteiger partial charge in [-0.1, -0.05) is 65.3 Å². The molecule has 5 nitrogen and oxygen atoms in total. The lowest BCUT2D eigenvalue weighted by atomic mass is 10.2. The first-order valence-electron chi connectivity index (χ1n) is 7.80. The number of rotatable bonds is 6. The Hall–Kier alpha value is -2.02. The van der Waals surface area contributed by atoms with Crippen molar-refractivity contribution in [1.29, 1.82) is 0 Å². The fraction of sp³-hybridized carbons (Fsp3) is 0.167. The van der Waals surface area contributed by atoms with Crippen LogP contribution < -0.4 is 5.32 Å². The minimum atomic E-state index is -0.438. The predicted octanol–water partition coefficient (Wildman–Crippen LogP) is 5.09. The minimum Gasteiger partial charge on any atom is -0.416 e. The van der Waals surface area contributed by atoms with Crippen LogP contribution in [0.1, 0.15) is 18.4 Å². The summed E-state index contributed by atoms with van der Waals surface area (Å²) in [6, 6.07) is 14.7. The van der Waals surface area contributed by atoms with E-state index in [1.807, 2.05) is 30.3 Å². The Kier molecular flexibility index (Phi) is 6.19. The Morgan fingerprint density at radius 1 is 1.19 bits per heavy atom. The predicted molar refractivity (Wildman–Crippen MR) is 104 cm³/mol. The maximum absolute atomic E-state index is 12.3. The van der Waals surface area contributed by atoms with Crippen molar-refractivity contribution in [3.63, 3.8) is 0 Å². The SMILES string of the molecule is C[C@@H](Sc1nnc(Cc2ccccc2)o1)C(=O)Nc1ccc(Cl)cc1Cl. The minimum absolute atomic E-state index is 0.220. The molecule has 0 aliphatic heterocycles. The first-order valence-corrected chi connectivity index (χ1v) is 9.43. The van der Waals surface area contributed by atoms with Crippen molar-refractivity contribution >= 4 is 46.6 Å². The molecule has 1 amide bonds. The molecular weight excluding hydrogens is 393 g/mol. The fourth-order valence-corrected chi connectivity index (χ4v) is 3.31. The standard InChI is InChI=1S/C18H15Cl2N3O2S/c1-11(17(24)21-15-8-7-13(19)10-14(15)20)26-18-23-22-16(25-18)9-12-5-3-2-4-6-12/h2-8,10-11H,9H2,1H3,(H,21,24)/t11-/m1/s1. The van der Waals surface area contributed by atoms with Crippen LogP contribution in [-0.4, -0.2) is 21.4 Å². The zero-order valence-electron chi connectivity index (χ0n) is 13.8. The summed E-state index contributed by atoms with van der Waals surface area (Å²) in [6.07, 6.45) is 0.551. The number of carbonyl (C=O) groups is 1. The summed E-state index contributed by atoms with van der Waals surface area (Å²) in [5, 5.41) is 11.6. The molecule has 0 bridgehead atoms. The van der Waals surface area contributed by atoms with Crippen LogP contribution in [0.15, 0.2) is 58.2 Å². The van der Waals surface area contributed by atoms with Gasteiger partial charge in [0, 0.05) is 5.02 Å². The molecule has 1 N–H and O–H groups in total. The van der Waals surface area contributed by atoms with Crippen LogP contribution in [0, 0.1) is 0 Å². The fourth-order valence-electron chi connectivity index (χ4n) is 2.16. The largest absolute Gasteiger partial charge is 0.416 e. The third-order valence-electron chi connectivity index (χ3n) is 3.48. The second-order valence-corrected chi connectivity index (χ2v) is 7.63. The van der Waals surface area contributed by atoms with Crippen molar-refractivity contribution in [1.82, 2.24) is 10.2 Å². The smallest absolute Gasteiger partial charge is 0.277 e. The number of amides is 1. The number of hydrogen-bond acceptors (Lipinski definition) is 5. The average Bonchev–Trinajstić information content (AvgIpc) is 3.05. The lowest BCUT2D eigenvalue weighted by Crippen LogP contribution is -2.22. The summed E-state index contributed by atoms with van der Waals surface area (Å²) in [5.41, 5.74) is 1.58. The molecule has 134 valence electrons. The number of halogens is 2. The molecule has 1 atom stereocenters.